The second kappa shape index (κ2) is 7.22. The lowest BCUT2D eigenvalue weighted by atomic mass is 10.00. The molecule has 0 unspecified atom stereocenters. The van der Waals surface area contributed by atoms with Gasteiger partial charge in [-0.25, -0.2) is 9.97 Å². The standard InChI is InChI=1S/C18H22N4O/c1-2-3-9-19-18(23)16-11-17(21-13-20-16)22-10-8-14-6-4-5-7-15(14)12-22/h4-7,11,13H,2-3,8-10,12H2,1H3,(H,19,23). The molecule has 120 valence electrons. The third-order valence-electron chi connectivity index (χ3n) is 4.16. The van der Waals surface area contributed by atoms with E-state index >= 15 is 0 Å². The van der Waals surface area contributed by atoms with Gasteiger partial charge >= 0.3 is 0 Å². The first-order valence-corrected chi connectivity index (χ1v) is 8.20. The van der Waals surface area contributed by atoms with Crippen LogP contribution in [0.1, 0.15) is 41.4 Å². The van der Waals surface area contributed by atoms with Crippen LogP contribution in [0.25, 0.3) is 0 Å². The molecule has 23 heavy (non-hydrogen) atoms. The molecule has 0 bridgehead atoms. The van der Waals surface area contributed by atoms with Gasteiger partial charge in [0.05, 0.1) is 0 Å². The van der Waals surface area contributed by atoms with Crippen LogP contribution in [0.2, 0.25) is 0 Å². The van der Waals surface area contributed by atoms with Gasteiger partial charge in [-0.3, -0.25) is 4.79 Å². The van der Waals surface area contributed by atoms with Crippen LogP contribution in [-0.4, -0.2) is 29.0 Å². The number of hydrogen-bond acceptors (Lipinski definition) is 4. The van der Waals surface area contributed by atoms with Crippen molar-refractivity contribution in [1.82, 2.24) is 15.3 Å². The number of carbonyl (C=O) groups is 1. The summed E-state index contributed by atoms with van der Waals surface area (Å²) in [5.41, 5.74) is 3.16. The Morgan fingerprint density at radius 1 is 1.26 bits per heavy atom. The lowest BCUT2D eigenvalue weighted by molar-refractivity contribution is 0.0948. The number of amides is 1. The molecule has 1 N–H and O–H groups in total. The van der Waals surface area contributed by atoms with Crippen molar-refractivity contribution < 1.29 is 4.79 Å². The molecule has 0 spiro atoms. The molecule has 0 atom stereocenters. The summed E-state index contributed by atoms with van der Waals surface area (Å²) in [6.45, 7) is 4.52. The number of nitrogens with zero attached hydrogens (tertiary/aromatic N) is 3. The van der Waals surface area contributed by atoms with Crippen molar-refractivity contribution in [3.8, 4) is 0 Å². The average molecular weight is 310 g/mol. The van der Waals surface area contributed by atoms with Crippen LogP contribution in [0.15, 0.2) is 36.7 Å². The SMILES string of the molecule is CCCCNC(=O)c1cc(N2CCc3ccccc3C2)ncn1. The predicted octanol–water partition coefficient (Wildman–Crippen LogP) is 2.57. The Hall–Kier alpha value is -2.43. The molecule has 1 aliphatic rings. The largest absolute Gasteiger partial charge is 0.352 e. The lowest BCUT2D eigenvalue weighted by Gasteiger charge is -2.29. The summed E-state index contributed by atoms with van der Waals surface area (Å²) in [7, 11) is 0. The molecule has 0 fully saturated rings. The van der Waals surface area contributed by atoms with E-state index < -0.39 is 0 Å². The van der Waals surface area contributed by atoms with Crippen LogP contribution >= 0.6 is 0 Å². The monoisotopic (exact) mass is 310 g/mol. The minimum Gasteiger partial charge on any atom is -0.352 e. The van der Waals surface area contributed by atoms with E-state index in [9.17, 15) is 4.79 Å². The number of hydrogen-bond donors (Lipinski definition) is 1. The number of rotatable bonds is 5. The molecule has 1 aromatic heterocycles. The Labute approximate surface area is 136 Å². The number of unbranched alkanes of at least 4 members (excludes halogenated alkanes) is 1. The van der Waals surface area contributed by atoms with Gasteiger partial charge in [-0.2, -0.15) is 0 Å². The second-order valence-electron chi connectivity index (χ2n) is 5.81. The topological polar surface area (TPSA) is 58.1 Å². The summed E-state index contributed by atoms with van der Waals surface area (Å²) in [4.78, 5) is 22.8. The van der Waals surface area contributed by atoms with Gasteiger partial charge in [0.15, 0.2) is 0 Å². The van der Waals surface area contributed by atoms with Gasteiger partial charge in [0.1, 0.15) is 17.8 Å². The fraction of sp³-hybridized carbons (Fsp3) is 0.389. The van der Waals surface area contributed by atoms with E-state index in [0.717, 1.165) is 38.2 Å². The fourth-order valence-corrected chi connectivity index (χ4v) is 2.80. The molecule has 3 rings (SSSR count). The first kappa shape index (κ1) is 15.5. The zero-order chi connectivity index (χ0) is 16.1. The summed E-state index contributed by atoms with van der Waals surface area (Å²) < 4.78 is 0. The van der Waals surface area contributed by atoms with Crippen LogP contribution in [0.4, 0.5) is 5.82 Å². The zero-order valence-corrected chi connectivity index (χ0v) is 13.5. The maximum absolute atomic E-state index is 12.1. The lowest BCUT2D eigenvalue weighted by Crippen LogP contribution is -2.32. The summed E-state index contributed by atoms with van der Waals surface area (Å²) in [5.74, 6) is 0.689. The van der Waals surface area contributed by atoms with E-state index in [1.807, 2.05) is 0 Å². The van der Waals surface area contributed by atoms with Crippen LogP contribution in [0.5, 0.6) is 0 Å². The van der Waals surface area contributed by atoms with E-state index in [1.165, 1.54) is 17.5 Å². The maximum Gasteiger partial charge on any atom is 0.270 e. The number of carbonyl (C=O) groups excluding carboxylic acids is 1. The van der Waals surface area contributed by atoms with Crippen molar-refractivity contribution in [3.05, 3.63) is 53.5 Å². The van der Waals surface area contributed by atoms with Crippen molar-refractivity contribution in [3.63, 3.8) is 0 Å². The number of fused-ring (bicyclic) bond motifs is 1. The Bertz CT molecular complexity index is 686. The first-order valence-electron chi connectivity index (χ1n) is 8.20. The smallest absolute Gasteiger partial charge is 0.270 e. The predicted molar refractivity (Wildman–Crippen MR) is 90.5 cm³/mol. The molecule has 0 radical (unpaired) electrons. The van der Waals surface area contributed by atoms with Crippen molar-refractivity contribution >= 4 is 11.7 Å². The van der Waals surface area contributed by atoms with Gasteiger partial charge in [0, 0.05) is 25.7 Å². The summed E-state index contributed by atoms with van der Waals surface area (Å²) in [6, 6.07) is 10.3. The van der Waals surface area contributed by atoms with E-state index in [1.54, 1.807) is 6.07 Å². The average Bonchev–Trinajstić information content (AvgIpc) is 2.61. The minimum absolute atomic E-state index is 0.125. The van der Waals surface area contributed by atoms with Crippen LogP contribution in [-0.2, 0) is 13.0 Å². The van der Waals surface area contributed by atoms with Gasteiger partial charge in [-0.05, 0) is 24.0 Å². The van der Waals surface area contributed by atoms with Crippen molar-refractivity contribution in [2.45, 2.75) is 32.7 Å². The normalized spacial score (nSPS) is 13.5. The summed E-state index contributed by atoms with van der Waals surface area (Å²) in [5, 5.41) is 2.90. The summed E-state index contributed by atoms with van der Waals surface area (Å²) in [6.07, 6.45) is 4.51. The van der Waals surface area contributed by atoms with Crippen LogP contribution in [0, 0.1) is 0 Å². The molecule has 5 heteroatoms. The Balaban J connectivity index is 1.72. The van der Waals surface area contributed by atoms with Gasteiger partial charge in [0.2, 0.25) is 0 Å². The van der Waals surface area contributed by atoms with E-state index in [0.29, 0.717) is 12.2 Å². The minimum atomic E-state index is -0.125. The first-order chi connectivity index (χ1) is 11.3. The highest BCUT2D eigenvalue weighted by atomic mass is 16.1. The Kier molecular flexibility index (Phi) is 4.86. The molecule has 5 nitrogen and oxygen atoms in total. The Morgan fingerprint density at radius 2 is 2.09 bits per heavy atom. The highest BCUT2D eigenvalue weighted by Crippen LogP contribution is 2.22. The number of benzene rings is 1. The molecule has 0 saturated heterocycles. The molecule has 1 aliphatic heterocycles. The second-order valence-corrected chi connectivity index (χ2v) is 5.81. The van der Waals surface area contributed by atoms with Crippen molar-refractivity contribution in [2.24, 2.45) is 0 Å². The molecular formula is C18H22N4O. The van der Waals surface area contributed by atoms with Crippen molar-refractivity contribution in [2.75, 3.05) is 18.0 Å². The number of nitrogens with one attached hydrogen (secondary N) is 1. The third-order valence-corrected chi connectivity index (χ3v) is 4.16. The molecule has 0 aliphatic carbocycles. The van der Waals surface area contributed by atoms with Crippen LogP contribution < -0.4 is 10.2 Å². The van der Waals surface area contributed by atoms with E-state index in [4.69, 9.17) is 0 Å². The molecule has 2 heterocycles. The summed E-state index contributed by atoms with van der Waals surface area (Å²) >= 11 is 0. The highest BCUT2D eigenvalue weighted by Gasteiger charge is 2.18. The Morgan fingerprint density at radius 3 is 2.91 bits per heavy atom. The van der Waals surface area contributed by atoms with Crippen molar-refractivity contribution in [1.29, 1.82) is 0 Å². The molecular weight excluding hydrogens is 288 g/mol. The van der Waals surface area contributed by atoms with Crippen LogP contribution in [0.3, 0.4) is 0 Å². The van der Waals surface area contributed by atoms with E-state index in [2.05, 4.69) is 51.4 Å². The number of aromatic nitrogens is 2. The molecule has 1 aromatic carbocycles. The fourth-order valence-electron chi connectivity index (χ4n) is 2.80. The van der Waals surface area contributed by atoms with Gasteiger partial charge in [0.25, 0.3) is 5.91 Å². The van der Waals surface area contributed by atoms with Gasteiger partial charge in [-0.15, -0.1) is 0 Å². The quantitative estimate of drug-likeness (QED) is 0.862. The molecule has 1 amide bonds. The number of anilines is 1. The third kappa shape index (κ3) is 3.67. The van der Waals surface area contributed by atoms with Gasteiger partial charge in [-0.1, -0.05) is 37.6 Å². The maximum atomic E-state index is 12.1. The zero-order valence-electron chi connectivity index (χ0n) is 13.5. The molecule has 0 saturated carbocycles. The van der Waals surface area contributed by atoms with E-state index in [-0.39, 0.29) is 5.91 Å². The molecule has 2 aromatic rings. The highest BCUT2D eigenvalue weighted by molar-refractivity contribution is 5.92. The van der Waals surface area contributed by atoms with Gasteiger partial charge < -0.3 is 10.2 Å².